The molecule has 1 aliphatic rings. The molecule has 0 amide bonds. The molecule has 2 aromatic rings. The van der Waals surface area contributed by atoms with Crippen molar-refractivity contribution in [2.75, 3.05) is 28.4 Å². The third kappa shape index (κ3) is 5.73. The Morgan fingerprint density at radius 3 is 2.08 bits per heavy atom. The summed E-state index contributed by atoms with van der Waals surface area (Å²) < 4.78 is 52.0. The molecule has 0 aliphatic heterocycles. The first-order valence-electron chi connectivity index (χ1n) is 10.5. The van der Waals surface area contributed by atoms with Gasteiger partial charge in [-0.25, -0.2) is 4.72 Å². The molecule has 12 heteroatoms. The molecule has 1 aliphatic carbocycles. The zero-order chi connectivity index (χ0) is 26.3. The SMILES string of the molecule is COc1cc(OC)c(C=CNS(=O)(=O)[N+](=C2C=CC=CC2OC)c2ccc([N+](=O)[O-])cc2)c(OC)c1. The number of hydrogen-bond acceptors (Lipinski definition) is 8. The zero-order valence-corrected chi connectivity index (χ0v) is 20.9. The van der Waals surface area contributed by atoms with Gasteiger partial charge in [0, 0.05) is 55.8 Å². The van der Waals surface area contributed by atoms with E-state index in [-0.39, 0.29) is 17.1 Å². The molecular weight excluding hydrogens is 490 g/mol. The Bertz CT molecular complexity index is 1320. The van der Waals surface area contributed by atoms with E-state index in [0.717, 1.165) is 3.98 Å². The molecule has 3 rings (SSSR count). The monoisotopic (exact) mass is 516 g/mol. The number of benzene rings is 2. The van der Waals surface area contributed by atoms with Crippen LogP contribution in [-0.2, 0) is 14.9 Å². The van der Waals surface area contributed by atoms with E-state index in [2.05, 4.69) is 4.72 Å². The summed E-state index contributed by atoms with van der Waals surface area (Å²) in [4.78, 5) is 10.5. The Hall–Kier alpha value is -4.16. The molecule has 36 heavy (non-hydrogen) atoms. The van der Waals surface area contributed by atoms with Crippen LogP contribution in [-0.4, -0.2) is 57.6 Å². The molecule has 0 saturated carbocycles. The smallest absolute Gasteiger partial charge is 0.470 e. The number of allylic oxidation sites excluding steroid dienone is 2. The first-order chi connectivity index (χ1) is 17.2. The molecule has 1 unspecified atom stereocenters. The topological polar surface area (TPSA) is 129 Å². The van der Waals surface area contributed by atoms with E-state index in [1.807, 2.05) is 0 Å². The third-order valence-corrected chi connectivity index (χ3v) is 6.54. The van der Waals surface area contributed by atoms with E-state index in [0.29, 0.717) is 22.8 Å². The summed E-state index contributed by atoms with van der Waals surface area (Å²) in [5, 5.41) is 11.1. The highest BCUT2D eigenvalue weighted by atomic mass is 32.2. The van der Waals surface area contributed by atoms with Gasteiger partial charge in [0.1, 0.15) is 17.2 Å². The lowest BCUT2D eigenvalue weighted by Crippen LogP contribution is -2.37. The van der Waals surface area contributed by atoms with Crippen molar-refractivity contribution in [1.82, 2.24) is 4.72 Å². The van der Waals surface area contributed by atoms with Crippen molar-refractivity contribution >= 4 is 33.4 Å². The Balaban J connectivity index is 2.06. The van der Waals surface area contributed by atoms with Crippen LogP contribution in [0.15, 0.2) is 66.9 Å². The predicted octanol–water partition coefficient (Wildman–Crippen LogP) is 3.35. The molecule has 0 radical (unpaired) electrons. The van der Waals surface area contributed by atoms with Crippen molar-refractivity contribution < 1.29 is 36.3 Å². The van der Waals surface area contributed by atoms with Crippen LogP contribution in [0.5, 0.6) is 17.2 Å². The Labute approximate surface area is 208 Å². The second kappa shape index (κ2) is 11.5. The average molecular weight is 517 g/mol. The number of ether oxygens (including phenoxy) is 4. The zero-order valence-electron chi connectivity index (χ0n) is 20.1. The van der Waals surface area contributed by atoms with Crippen molar-refractivity contribution in [3.63, 3.8) is 0 Å². The fourth-order valence-electron chi connectivity index (χ4n) is 3.48. The summed E-state index contributed by atoms with van der Waals surface area (Å²) in [5.41, 5.74) is 0.774. The summed E-state index contributed by atoms with van der Waals surface area (Å²) in [6.45, 7) is 0. The number of rotatable bonds is 10. The van der Waals surface area contributed by atoms with Gasteiger partial charge >= 0.3 is 10.2 Å². The minimum absolute atomic E-state index is 0.171. The van der Waals surface area contributed by atoms with E-state index < -0.39 is 21.2 Å². The first kappa shape index (κ1) is 26.4. The summed E-state index contributed by atoms with van der Waals surface area (Å²) in [6.07, 6.45) is 8.71. The van der Waals surface area contributed by atoms with Crippen molar-refractivity contribution in [3.8, 4) is 17.2 Å². The molecule has 2 aromatic carbocycles. The molecule has 0 heterocycles. The van der Waals surface area contributed by atoms with Gasteiger partial charge in [0.25, 0.3) is 5.69 Å². The van der Waals surface area contributed by atoms with Gasteiger partial charge in [0.05, 0.1) is 31.8 Å². The van der Waals surface area contributed by atoms with Crippen molar-refractivity contribution in [1.29, 1.82) is 0 Å². The summed E-state index contributed by atoms with van der Waals surface area (Å²) in [5.74, 6) is 1.32. The molecule has 190 valence electrons. The highest BCUT2D eigenvalue weighted by Crippen LogP contribution is 2.35. The number of non-ortho nitro benzene ring substituents is 1. The minimum Gasteiger partial charge on any atom is -0.496 e. The lowest BCUT2D eigenvalue weighted by Gasteiger charge is -2.14. The minimum atomic E-state index is -4.26. The van der Waals surface area contributed by atoms with E-state index in [9.17, 15) is 18.5 Å². The number of nitro groups is 1. The van der Waals surface area contributed by atoms with Gasteiger partial charge in [-0.1, -0.05) is 16.1 Å². The lowest BCUT2D eigenvalue weighted by molar-refractivity contribution is -0.385. The molecule has 11 nitrogen and oxygen atoms in total. The molecule has 1 atom stereocenters. The highest BCUT2D eigenvalue weighted by molar-refractivity contribution is 7.83. The van der Waals surface area contributed by atoms with Crippen LogP contribution in [0.25, 0.3) is 6.08 Å². The van der Waals surface area contributed by atoms with Gasteiger partial charge in [-0.05, 0) is 12.2 Å². The van der Waals surface area contributed by atoms with Gasteiger partial charge in [0.2, 0.25) is 11.4 Å². The molecule has 0 spiro atoms. The van der Waals surface area contributed by atoms with E-state index in [1.165, 1.54) is 65.0 Å². The number of nitrogens with zero attached hydrogens (tertiary/aromatic N) is 2. The summed E-state index contributed by atoms with van der Waals surface area (Å²) in [6, 6.07) is 8.43. The maximum absolute atomic E-state index is 13.5. The van der Waals surface area contributed by atoms with Gasteiger partial charge in [0.15, 0.2) is 6.10 Å². The standard InChI is InChI=1S/C24H26N3O8S/c1-32-19-15-23(34-3)20(24(16-19)35-4)13-14-25-36(30,31)26(21-7-5-6-8-22(21)33-2)17-9-11-18(12-10-17)27(28)29/h5-16,22,25H,1-4H3/q+1. The van der Waals surface area contributed by atoms with Crippen LogP contribution in [0.4, 0.5) is 11.4 Å². The summed E-state index contributed by atoms with van der Waals surface area (Å²) in [7, 11) is 1.64. The van der Waals surface area contributed by atoms with Gasteiger partial charge in [-0.2, -0.15) is 0 Å². The average Bonchev–Trinajstić information content (AvgIpc) is 2.89. The Morgan fingerprint density at radius 2 is 1.56 bits per heavy atom. The summed E-state index contributed by atoms with van der Waals surface area (Å²) >= 11 is 0. The van der Waals surface area contributed by atoms with Crippen LogP contribution in [0.1, 0.15) is 5.56 Å². The Morgan fingerprint density at radius 1 is 0.944 bits per heavy atom. The van der Waals surface area contributed by atoms with E-state index in [4.69, 9.17) is 18.9 Å². The molecular formula is C24H26N3O8S+. The van der Waals surface area contributed by atoms with Crippen molar-refractivity contribution in [3.05, 3.63) is 82.6 Å². The second-order valence-corrected chi connectivity index (χ2v) is 8.82. The molecule has 0 saturated heterocycles. The highest BCUT2D eigenvalue weighted by Gasteiger charge is 2.35. The largest absolute Gasteiger partial charge is 0.496 e. The first-order valence-corrected chi connectivity index (χ1v) is 12.0. The molecule has 1 N–H and O–H groups in total. The number of methoxy groups -OCH3 is 4. The van der Waals surface area contributed by atoms with Gasteiger partial charge < -0.3 is 18.9 Å². The van der Waals surface area contributed by atoms with Gasteiger partial charge in [-0.15, -0.1) is 8.42 Å². The van der Waals surface area contributed by atoms with Crippen molar-refractivity contribution in [2.45, 2.75) is 6.10 Å². The maximum Gasteiger partial charge on any atom is 0.470 e. The van der Waals surface area contributed by atoms with Crippen LogP contribution >= 0.6 is 0 Å². The molecule has 0 fully saturated rings. The van der Waals surface area contributed by atoms with Crippen LogP contribution in [0, 0.1) is 10.1 Å². The molecule has 0 bridgehead atoms. The van der Waals surface area contributed by atoms with Crippen molar-refractivity contribution in [2.24, 2.45) is 0 Å². The number of nitrogens with one attached hydrogen (secondary N) is 1. The Kier molecular flexibility index (Phi) is 8.46. The maximum atomic E-state index is 13.5. The normalized spacial score (nSPS) is 16.6. The molecule has 0 aromatic heterocycles. The number of hydrogen-bond donors (Lipinski definition) is 1. The van der Waals surface area contributed by atoms with Crippen LogP contribution < -0.4 is 18.9 Å². The van der Waals surface area contributed by atoms with E-state index >= 15 is 0 Å². The van der Waals surface area contributed by atoms with Crippen LogP contribution in [0.3, 0.4) is 0 Å². The number of nitro benzene ring substituents is 1. The predicted molar refractivity (Wildman–Crippen MR) is 134 cm³/mol. The fourth-order valence-corrected chi connectivity index (χ4v) is 4.67. The fraction of sp³-hybridized carbons (Fsp3) is 0.208. The van der Waals surface area contributed by atoms with Gasteiger partial charge in [-0.3, -0.25) is 10.1 Å². The quantitative estimate of drug-likeness (QED) is 0.289. The third-order valence-electron chi connectivity index (χ3n) is 5.20. The second-order valence-electron chi connectivity index (χ2n) is 7.26. The van der Waals surface area contributed by atoms with E-state index in [1.54, 1.807) is 36.4 Å². The van der Waals surface area contributed by atoms with Crippen LogP contribution in [0.2, 0.25) is 0 Å². The lowest BCUT2D eigenvalue weighted by atomic mass is 10.1.